The predicted molar refractivity (Wildman–Crippen MR) is 131 cm³/mol. The third-order valence-electron chi connectivity index (χ3n) is 7.06. The number of hydrogen-bond acceptors (Lipinski definition) is 4. The minimum absolute atomic E-state index is 0.0324. The minimum atomic E-state index is -0.0324. The van der Waals surface area contributed by atoms with E-state index in [1.807, 2.05) is 37.4 Å². The number of aryl methyl sites for hydroxylation is 3. The second kappa shape index (κ2) is 9.91. The first kappa shape index (κ1) is 23.2. The molecule has 0 saturated carbocycles. The number of piperidine rings is 1. The quantitative estimate of drug-likeness (QED) is 0.583. The molecule has 0 bridgehead atoms. The van der Waals surface area contributed by atoms with Crippen molar-refractivity contribution >= 4 is 0 Å². The number of nitrogens with zero attached hydrogens (tertiary/aromatic N) is 4. The van der Waals surface area contributed by atoms with Gasteiger partial charge < -0.3 is 9.67 Å². The monoisotopic (exact) mass is 442 g/mol. The van der Waals surface area contributed by atoms with Crippen molar-refractivity contribution in [3.63, 3.8) is 0 Å². The summed E-state index contributed by atoms with van der Waals surface area (Å²) < 4.78 is 2.27. The van der Waals surface area contributed by atoms with Crippen molar-refractivity contribution in [2.24, 2.45) is 5.41 Å². The van der Waals surface area contributed by atoms with Gasteiger partial charge in [0.05, 0.1) is 17.3 Å². The van der Waals surface area contributed by atoms with Gasteiger partial charge in [-0.1, -0.05) is 41.5 Å². The first-order valence-electron chi connectivity index (χ1n) is 11.8. The Morgan fingerprint density at radius 2 is 1.64 bits per heavy atom. The Bertz CT molecular complexity index is 1110. The molecule has 4 rings (SSSR count). The predicted octanol–water partition coefficient (Wildman–Crippen LogP) is 4.55. The van der Waals surface area contributed by atoms with Crippen LogP contribution < -0.4 is 0 Å². The molecular formula is C28H34N4O. The molecule has 2 aromatic carbocycles. The van der Waals surface area contributed by atoms with Crippen LogP contribution in [0.5, 0.6) is 0 Å². The molecule has 1 fully saturated rings. The largest absolute Gasteiger partial charge is 0.396 e. The molecule has 5 heteroatoms. The Morgan fingerprint density at radius 3 is 2.24 bits per heavy atom. The fourth-order valence-electron chi connectivity index (χ4n) is 5.13. The van der Waals surface area contributed by atoms with Crippen LogP contribution in [0.3, 0.4) is 0 Å². The third kappa shape index (κ3) is 5.52. The van der Waals surface area contributed by atoms with Crippen molar-refractivity contribution in [1.82, 2.24) is 14.5 Å². The average molecular weight is 443 g/mol. The zero-order chi connectivity index (χ0) is 23.4. The molecule has 33 heavy (non-hydrogen) atoms. The first-order valence-corrected chi connectivity index (χ1v) is 11.8. The molecule has 2 heterocycles. The molecule has 172 valence electrons. The molecule has 0 unspecified atom stereocenters. The molecule has 0 radical (unpaired) electrons. The molecule has 0 amide bonds. The van der Waals surface area contributed by atoms with Crippen LogP contribution >= 0.6 is 0 Å². The number of aliphatic hydroxyl groups is 1. The fourth-order valence-corrected chi connectivity index (χ4v) is 5.13. The summed E-state index contributed by atoms with van der Waals surface area (Å²) in [6.07, 6.45) is 4.93. The summed E-state index contributed by atoms with van der Waals surface area (Å²) in [5.74, 6) is 1.01. The van der Waals surface area contributed by atoms with Crippen molar-refractivity contribution in [3.8, 4) is 6.07 Å². The van der Waals surface area contributed by atoms with Crippen molar-refractivity contribution in [1.29, 1.82) is 5.26 Å². The Kier molecular flexibility index (Phi) is 6.97. The highest BCUT2D eigenvalue weighted by Crippen LogP contribution is 2.35. The maximum atomic E-state index is 10.3. The summed E-state index contributed by atoms with van der Waals surface area (Å²) >= 11 is 0. The molecule has 5 nitrogen and oxygen atoms in total. The van der Waals surface area contributed by atoms with Crippen LogP contribution in [0.15, 0.2) is 48.7 Å². The molecular weight excluding hydrogens is 408 g/mol. The van der Waals surface area contributed by atoms with Crippen LogP contribution in [0.4, 0.5) is 0 Å². The Morgan fingerprint density at radius 1 is 0.970 bits per heavy atom. The van der Waals surface area contributed by atoms with Gasteiger partial charge in [-0.3, -0.25) is 4.90 Å². The normalized spacial score (nSPS) is 16.0. The van der Waals surface area contributed by atoms with E-state index >= 15 is 0 Å². The number of rotatable bonds is 7. The zero-order valence-corrected chi connectivity index (χ0v) is 20.0. The van der Waals surface area contributed by atoms with Gasteiger partial charge in [0, 0.05) is 25.9 Å². The van der Waals surface area contributed by atoms with Gasteiger partial charge >= 0.3 is 0 Å². The standard InChI is InChI=1S/C28H34N4O/c1-21-12-22(2)14-26(13-21)15-28(20-33)8-10-31(11-9-28)19-27-17-30-23(3)32(27)18-25-6-4-24(16-29)5-7-25/h4-7,12-14,17,33H,8-11,15,18-20H2,1-3H3. The van der Waals surface area contributed by atoms with Gasteiger partial charge in [-0.05, 0) is 81.8 Å². The maximum absolute atomic E-state index is 10.3. The first-order chi connectivity index (χ1) is 15.9. The van der Waals surface area contributed by atoms with Gasteiger partial charge in [0.2, 0.25) is 0 Å². The minimum Gasteiger partial charge on any atom is -0.396 e. The van der Waals surface area contributed by atoms with Gasteiger partial charge in [0.25, 0.3) is 0 Å². The highest BCUT2D eigenvalue weighted by molar-refractivity contribution is 5.32. The third-order valence-corrected chi connectivity index (χ3v) is 7.06. The number of hydrogen-bond donors (Lipinski definition) is 1. The average Bonchev–Trinajstić information content (AvgIpc) is 3.14. The molecule has 0 spiro atoms. The van der Waals surface area contributed by atoms with E-state index in [4.69, 9.17) is 5.26 Å². The SMILES string of the molecule is Cc1cc(C)cc(CC2(CO)CCN(Cc3cnc(C)n3Cc3ccc(C#N)cc3)CC2)c1. The van der Waals surface area contributed by atoms with Crippen LogP contribution in [-0.2, 0) is 19.5 Å². The maximum Gasteiger partial charge on any atom is 0.106 e. The van der Waals surface area contributed by atoms with Gasteiger partial charge in [0.15, 0.2) is 0 Å². The van der Waals surface area contributed by atoms with E-state index in [1.54, 1.807) is 0 Å². The Hall–Kier alpha value is -2.94. The summed E-state index contributed by atoms with van der Waals surface area (Å²) in [7, 11) is 0. The van der Waals surface area contributed by atoms with Crippen molar-refractivity contribution in [3.05, 3.63) is 88.0 Å². The van der Waals surface area contributed by atoms with Gasteiger partial charge in [-0.25, -0.2) is 4.98 Å². The number of aromatic nitrogens is 2. The number of nitriles is 1. The topological polar surface area (TPSA) is 65.1 Å². The van der Waals surface area contributed by atoms with Crippen LogP contribution in [0, 0.1) is 37.5 Å². The van der Waals surface area contributed by atoms with Crippen LogP contribution in [0.1, 0.15) is 52.2 Å². The van der Waals surface area contributed by atoms with E-state index in [1.165, 1.54) is 27.9 Å². The smallest absolute Gasteiger partial charge is 0.106 e. The molecule has 3 aromatic rings. The van der Waals surface area contributed by atoms with E-state index in [0.717, 1.165) is 51.3 Å². The van der Waals surface area contributed by atoms with Gasteiger partial charge in [0.1, 0.15) is 5.82 Å². The van der Waals surface area contributed by atoms with Crippen LogP contribution in [0.2, 0.25) is 0 Å². The van der Waals surface area contributed by atoms with Crippen molar-refractivity contribution < 1.29 is 5.11 Å². The number of aliphatic hydroxyl groups excluding tert-OH is 1. The zero-order valence-electron chi connectivity index (χ0n) is 20.0. The summed E-state index contributed by atoms with van der Waals surface area (Å²) in [5, 5.41) is 19.3. The number of benzene rings is 2. The number of likely N-dealkylation sites (tertiary alicyclic amines) is 1. The summed E-state index contributed by atoms with van der Waals surface area (Å²) in [4.78, 5) is 7.06. The lowest BCUT2D eigenvalue weighted by Gasteiger charge is -2.41. The van der Waals surface area contributed by atoms with E-state index in [0.29, 0.717) is 5.56 Å². The molecule has 0 aliphatic carbocycles. The summed E-state index contributed by atoms with van der Waals surface area (Å²) in [5.41, 5.74) is 6.96. The van der Waals surface area contributed by atoms with Gasteiger partial charge in [-0.2, -0.15) is 5.26 Å². The van der Waals surface area contributed by atoms with Crippen LogP contribution in [-0.4, -0.2) is 39.3 Å². The molecule has 1 saturated heterocycles. The lowest BCUT2D eigenvalue weighted by atomic mass is 9.74. The Labute approximate surface area is 197 Å². The van der Waals surface area contributed by atoms with E-state index < -0.39 is 0 Å². The van der Waals surface area contributed by atoms with Crippen molar-refractivity contribution in [2.75, 3.05) is 19.7 Å². The van der Waals surface area contributed by atoms with Crippen molar-refractivity contribution in [2.45, 2.75) is 53.1 Å². The molecule has 0 atom stereocenters. The highest BCUT2D eigenvalue weighted by atomic mass is 16.3. The second-order valence-electron chi connectivity index (χ2n) is 9.80. The summed E-state index contributed by atoms with van der Waals surface area (Å²) in [6, 6.07) is 16.7. The van der Waals surface area contributed by atoms with E-state index in [9.17, 15) is 5.11 Å². The molecule has 1 aromatic heterocycles. The van der Waals surface area contributed by atoms with Gasteiger partial charge in [-0.15, -0.1) is 0 Å². The van der Waals surface area contributed by atoms with Crippen LogP contribution in [0.25, 0.3) is 0 Å². The fraction of sp³-hybridized carbons (Fsp3) is 0.429. The lowest BCUT2D eigenvalue weighted by molar-refractivity contribution is 0.0406. The molecule has 1 aliphatic rings. The van der Waals surface area contributed by atoms with E-state index in [2.05, 4.69) is 52.6 Å². The summed E-state index contributed by atoms with van der Waals surface area (Å²) in [6.45, 7) is 10.2. The second-order valence-corrected chi connectivity index (χ2v) is 9.80. The number of imidazole rings is 1. The Balaban J connectivity index is 1.41. The highest BCUT2D eigenvalue weighted by Gasteiger charge is 2.34. The molecule has 1 aliphatic heterocycles. The molecule has 1 N–H and O–H groups in total. The lowest BCUT2D eigenvalue weighted by Crippen LogP contribution is -2.43. The van der Waals surface area contributed by atoms with E-state index in [-0.39, 0.29) is 12.0 Å².